The molecule has 0 fully saturated rings. The molecule has 5 aromatic heterocycles. The summed E-state index contributed by atoms with van der Waals surface area (Å²) in [7, 11) is 0. The van der Waals surface area contributed by atoms with Crippen molar-refractivity contribution in [3.8, 4) is 0 Å². The molecule has 2 N–H and O–H groups in total. The highest BCUT2D eigenvalue weighted by atomic mass is 32.2. The van der Waals surface area contributed by atoms with Gasteiger partial charge in [-0.2, -0.15) is 9.47 Å². The molecule has 0 aliphatic carbocycles. The van der Waals surface area contributed by atoms with Crippen molar-refractivity contribution in [3.63, 3.8) is 0 Å². The molecule has 0 bridgehead atoms. The maximum atomic E-state index is 13.1. The number of carbonyl (C=O) groups is 1. The lowest BCUT2D eigenvalue weighted by atomic mass is 10.3. The van der Waals surface area contributed by atoms with Crippen molar-refractivity contribution >= 4 is 51.7 Å². The fourth-order valence-electron chi connectivity index (χ4n) is 2.86. The second-order valence-electron chi connectivity index (χ2n) is 6.60. The van der Waals surface area contributed by atoms with E-state index >= 15 is 0 Å². The molecular formula is C19H15N9OS3. The zero-order chi connectivity index (χ0) is 22.1. The molecule has 0 spiro atoms. The van der Waals surface area contributed by atoms with E-state index in [9.17, 15) is 4.79 Å². The molecule has 5 heterocycles. The normalized spacial score (nSPS) is 11.2. The topological polar surface area (TPSA) is 127 Å². The predicted octanol–water partition coefficient (Wildman–Crippen LogP) is 3.87. The maximum Gasteiger partial charge on any atom is 0.277 e. The molecule has 5 rings (SSSR count). The Morgan fingerprint density at radius 3 is 2.78 bits per heavy atom. The molecule has 10 nitrogen and oxygen atoms in total. The number of H-pyrrole nitrogens is 1. The van der Waals surface area contributed by atoms with E-state index < -0.39 is 0 Å². The smallest absolute Gasteiger partial charge is 0.277 e. The highest BCUT2D eigenvalue weighted by Gasteiger charge is 2.18. The van der Waals surface area contributed by atoms with Gasteiger partial charge in [-0.3, -0.25) is 15.2 Å². The van der Waals surface area contributed by atoms with Gasteiger partial charge in [0.2, 0.25) is 5.13 Å². The molecule has 0 radical (unpaired) electrons. The molecule has 1 amide bonds. The van der Waals surface area contributed by atoms with Crippen molar-refractivity contribution < 1.29 is 4.79 Å². The Bertz CT molecular complexity index is 1410. The minimum atomic E-state index is -0.358. The monoisotopic (exact) mass is 481 g/mol. The van der Waals surface area contributed by atoms with Gasteiger partial charge in [0.25, 0.3) is 5.91 Å². The summed E-state index contributed by atoms with van der Waals surface area (Å²) in [4.78, 5) is 32.1. The number of nitrogens with one attached hydrogen (secondary N) is 2. The zero-order valence-corrected chi connectivity index (χ0v) is 19.3. The van der Waals surface area contributed by atoms with Gasteiger partial charge in [0.15, 0.2) is 5.16 Å². The number of carbonyl (C=O) groups excluding carboxylic acids is 1. The summed E-state index contributed by atoms with van der Waals surface area (Å²) in [5.41, 5.74) is 2.10. The molecule has 5 aromatic rings. The summed E-state index contributed by atoms with van der Waals surface area (Å²) in [6.45, 7) is 3.72. The van der Waals surface area contributed by atoms with E-state index in [1.807, 2.05) is 48.0 Å². The lowest BCUT2D eigenvalue weighted by molar-refractivity contribution is 0.101. The van der Waals surface area contributed by atoms with Gasteiger partial charge in [0, 0.05) is 33.7 Å². The van der Waals surface area contributed by atoms with Gasteiger partial charge in [0.1, 0.15) is 28.5 Å². The van der Waals surface area contributed by atoms with Gasteiger partial charge in [0.05, 0.1) is 5.69 Å². The molecule has 32 heavy (non-hydrogen) atoms. The molecule has 0 aliphatic rings. The quantitative estimate of drug-likeness (QED) is 0.371. The van der Waals surface area contributed by atoms with Gasteiger partial charge in [-0.25, -0.2) is 19.9 Å². The van der Waals surface area contributed by atoms with E-state index in [4.69, 9.17) is 0 Å². The minimum Gasteiger partial charge on any atom is -0.306 e. The molecule has 0 saturated carbocycles. The second kappa shape index (κ2) is 8.68. The minimum absolute atomic E-state index is 0.286. The van der Waals surface area contributed by atoms with Crippen LogP contribution in [0.2, 0.25) is 0 Å². The predicted molar refractivity (Wildman–Crippen MR) is 121 cm³/mol. The number of aromatic amines is 1. The first kappa shape index (κ1) is 20.6. The Balaban J connectivity index is 1.48. The van der Waals surface area contributed by atoms with E-state index in [2.05, 4.69) is 39.8 Å². The van der Waals surface area contributed by atoms with Crippen molar-refractivity contribution in [2.45, 2.75) is 33.8 Å². The van der Waals surface area contributed by atoms with Crippen LogP contribution in [0.4, 0.5) is 5.13 Å². The van der Waals surface area contributed by atoms with Crippen LogP contribution >= 0.6 is 35.1 Å². The average Bonchev–Trinajstić information content (AvgIpc) is 3.50. The summed E-state index contributed by atoms with van der Waals surface area (Å²) < 4.78 is 6.07. The number of fused-ring (bicyclic) bond motifs is 1. The number of rotatable bonds is 6. The molecule has 0 unspecified atom stereocenters. The van der Waals surface area contributed by atoms with Crippen LogP contribution in [0, 0.1) is 13.8 Å². The van der Waals surface area contributed by atoms with Crippen molar-refractivity contribution in [1.29, 1.82) is 0 Å². The van der Waals surface area contributed by atoms with Crippen molar-refractivity contribution in [3.05, 3.63) is 60.2 Å². The van der Waals surface area contributed by atoms with E-state index in [0.717, 1.165) is 27.8 Å². The highest BCUT2D eigenvalue weighted by molar-refractivity contribution is 7.99. The van der Waals surface area contributed by atoms with Crippen LogP contribution in [-0.2, 0) is 0 Å². The van der Waals surface area contributed by atoms with Gasteiger partial charge >= 0.3 is 0 Å². The van der Waals surface area contributed by atoms with Crippen LogP contribution in [0.1, 0.15) is 22.0 Å². The summed E-state index contributed by atoms with van der Waals surface area (Å²) >= 11 is 3.87. The Morgan fingerprint density at radius 2 is 2.00 bits per heavy atom. The molecule has 13 heteroatoms. The van der Waals surface area contributed by atoms with Crippen molar-refractivity contribution in [2.24, 2.45) is 0 Å². The average molecular weight is 482 g/mol. The lowest BCUT2D eigenvalue weighted by Gasteiger charge is -2.10. The molecule has 160 valence electrons. The fraction of sp³-hybridized carbons (Fsp3) is 0.105. The summed E-state index contributed by atoms with van der Waals surface area (Å²) in [6, 6.07) is 7.64. The van der Waals surface area contributed by atoms with Crippen LogP contribution in [0.25, 0.3) is 5.65 Å². The number of aromatic nitrogens is 8. The van der Waals surface area contributed by atoms with Gasteiger partial charge in [-0.15, -0.1) is 0 Å². The number of pyridine rings is 2. The first-order valence-corrected chi connectivity index (χ1v) is 11.7. The Labute approximate surface area is 194 Å². The summed E-state index contributed by atoms with van der Waals surface area (Å²) in [5, 5.41) is 11.0. The van der Waals surface area contributed by atoms with E-state index in [-0.39, 0.29) is 11.6 Å². The molecule has 0 aromatic carbocycles. The van der Waals surface area contributed by atoms with Gasteiger partial charge in [-0.1, -0.05) is 11.8 Å². The number of hydrogen-bond donors (Lipinski definition) is 2. The molecule has 0 atom stereocenters. The molecular weight excluding hydrogens is 466 g/mol. The molecule has 0 aliphatic heterocycles. The van der Waals surface area contributed by atoms with E-state index in [0.29, 0.717) is 26.0 Å². The highest BCUT2D eigenvalue weighted by Crippen LogP contribution is 2.33. The number of imidazole rings is 1. The van der Waals surface area contributed by atoms with Crippen LogP contribution in [0.5, 0.6) is 0 Å². The van der Waals surface area contributed by atoms with Gasteiger partial charge in [-0.05, 0) is 49.9 Å². The number of hydrogen-bond acceptors (Lipinski definition) is 10. The largest absolute Gasteiger partial charge is 0.306 e. The van der Waals surface area contributed by atoms with Crippen LogP contribution in [0.15, 0.2) is 63.0 Å². The third-order valence-corrected chi connectivity index (χ3v) is 6.74. The molecule has 0 saturated heterocycles. The standard InChI is InChI=1S/C19H15N9OS3/c1-10-7-28-8-12(3-5-14(28)22-10)30-13-4-6-15(31-18-20-9-21-26-18)24-16(13)17(29)25-19-23-11(2)27-32-19/h3-9H,1-2H3,(H,20,21,26)(H,23,25,27,29). The van der Waals surface area contributed by atoms with Crippen LogP contribution < -0.4 is 5.32 Å². The Morgan fingerprint density at radius 1 is 1.09 bits per heavy atom. The lowest BCUT2D eigenvalue weighted by Crippen LogP contribution is -2.15. The number of nitrogens with zero attached hydrogens (tertiary/aromatic N) is 7. The first-order chi connectivity index (χ1) is 15.5. The van der Waals surface area contributed by atoms with E-state index in [1.165, 1.54) is 29.9 Å². The first-order valence-electron chi connectivity index (χ1n) is 9.32. The SMILES string of the molecule is Cc1cn2cc(Sc3ccc(Sc4ncn[nH]4)nc3C(=O)Nc3nc(C)ns3)ccc2n1. The van der Waals surface area contributed by atoms with E-state index in [1.54, 1.807) is 6.92 Å². The third kappa shape index (κ3) is 4.49. The van der Waals surface area contributed by atoms with Crippen molar-refractivity contribution in [2.75, 3.05) is 5.32 Å². The Hall–Kier alpha value is -3.29. The van der Waals surface area contributed by atoms with Crippen LogP contribution in [-0.4, -0.2) is 44.8 Å². The maximum absolute atomic E-state index is 13.1. The second-order valence-corrected chi connectivity index (χ2v) is 9.48. The number of anilines is 1. The zero-order valence-electron chi connectivity index (χ0n) is 16.8. The summed E-state index contributed by atoms with van der Waals surface area (Å²) in [5.74, 6) is 0.245. The van der Waals surface area contributed by atoms with Crippen molar-refractivity contribution in [1.82, 2.24) is 38.9 Å². The van der Waals surface area contributed by atoms with Gasteiger partial charge < -0.3 is 4.40 Å². The summed E-state index contributed by atoms with van der Waals surface area (Å²) in [6.07, 6.45) is 5.36. The Kier molecular flexibility index (Phi) is 5.59. The third-order valence-electron chi connectivity index (χ3n) is 4.16. The fourth-order valence-corrected chi connectivity index (χ4v) is 5.03. The van der Waals surface area contributed by atoms with Crippen LogP contribution in [0.3, 0.4) is 0 Å². The number of amides is 1. The number of aryl methyl sites for hydroxylation is 2.